The van der Waals surface area contributed by atoms with Crippen LogP contribution in [0.3, 0.4) is 0 Å². The molecule has 134 valence electrons. The molecule has 7 heteroatoms. The summed E-state index contributed by atoms with van der Waals surface area (Å²) in [6, 6.07) is 0. The molecule has 0 unspecified atom stereocenters. The van der Waals surface area contributed by atoms with E-state index in [0.717, 1.165) is 32.0 Å². The average molecular weight is 331 g/mol. The molecule has 1 rings (SSSR count). The number of esters is 1. The van der Waals surface area contributed by atoms with Crippen LogP contribution in [0.25, 0.3) is 0 Å². The first-order valence-corrected chi connectivity index (χ1v) is 8.17. The number of carbonyl (C=O) groups excluding carboxylic acids is 1. The lowest BCUT2D eigenvalue weighted by atomic mass is 10.1. The van der Waals surface area contributed by atoms with Gasteiger partial charge in [0.15, 0.2) is 0 Å². The van der Waals surface area contributed by atoms with Crippen molar-refractivity contribution in [2.75, 3.05) is 65.9 Å². The Labute approximate surface area is 138 Å². The molecule has 0 aromatic rings. The first-order valence-electron chi connectivity index (χ1n) is 8.17. The maximum absolute atomic E-state index is 10.7. The number of rotatable bonds is 14. The van der Waals surface area contributed by atoms with E-state index in [-0.39, 0.29) is 6.61 Å². The smallest absolute Gasteiger partial charge is 0.330 e. The van der Waals surface area contributed by atoms with E-state index in [9.17, 15) is 4.79 Å². The van der Waals surface area contributed by atoms with Crippen molar-refractivity contribution in [3.8, 4) is 0 Å². The summed E-state index contributed by atoms with van der Waals surface area (Å²) in [6.45, 7) is 9.23. The fourth-order valence-corrected chi connectivity index (χ4v) is 2.04. The molecule has 0 atom stereocenters. The van der Waals surface area contributed by atoms with Crippen LogP contribution in [0, 0.1) is 0 Å². The molecule has 0 aromatic heterocycles. The number of hydrogen-bond acceptors (Lipinski definition) is 7. The van der Waals surface area contributed by atoms with Crippen LogP contribution in [-0.2, 0) is 28.5 Å². The van der Waals surface area contributed by atoms with Crippen LogP contribution >= 0.6 is 0 Å². The third-order valence-electron chi connectivity index (χ3n) is 3.25. The standard InChI is InChI=1S/C16H29NO6/c1-2-16(18)23-14-12-21-10-8-19-7-9-20-11-13-22-15-3-5-17-6-4-15/h2,15,17H,1,3-14H2. The highest BCUT2D eigenvalue weighted by Gasteiger charge is 2.12. The number of ether oxygens (including phenoxy) is 5. The van der Waals surface area contributed by atoms with Crippen molar-refractivity contribution in [1.82, 2.24) is 5.32 Å². The highest BCUT2D eigenvalue weighted by Crippen LogP contribution is 2.06. The van der Waals surface area contributed by atoms with Crippen LogP contribution < -0.4 is 5.32 Å². The molecule has 7 nitrogen and oxygen atoms in total. The predicted molar refractivity (Wildman–Crippen MR) is 85.5 cm³/mol. The number of nitrogens with one attached hydrogen (secondary N) is 1. The molecule has 1 saturated heterocycles. The first-order chi connectivity index (χ1) is 11.3. The number of hydrogen-bond donors (Lipinski definition) is 1. The van der Waals surface area contributed by atoms with Gasteiger partial charge in [0, 0.05) is 6.08 Å². The van der Waals surface area contributed by atoms with Crippen molar-refractivity contribution in [1.29, 1.82) is 0 Å². The molecule has 1 N–H and O–H groups in total. The summed E-state index contributed by atoms with van der Waals surface area (Å²) < 4.78 is 26.5. The molecule has 1 fully saturated rings. The molecular formula is C16H29NO6. The Hall–Kier alpha value is -0.990. The molecule has 1 heterocycles. The second-order valence-corrected chi connectivity index (χ2v) is 5.03. The maximum Gasteiger partial charge on any atom is 0.330 e. The zero-order chi connectivity index (χ0) is 16.6. The highest BCUT2D eigenvalue weighted by atomic mass is 16.6. The summed E-state index contributed by atoms with van der Waals surface area (Å²) in [6.07, 6.45) is 3.66. The minimum Gasteiger partial charge on any atom is -0.460 e. The largest absolute Gasteiger partial charge is 0.460 e. The Balaban J connectivity index is 1.71. The molecule has 1 aliphatic rings. The fraction of sp³-hybridized carbons (Fsp3) is 0.812. The zero-order valence-corrected chi connectivity index (χ0v) is 13.8. The second kappa shape index (κ2) is 14.6. The van der Waals surface area contributed by atoms with Crippen LogP contribution in [0.4, 0.5) is 0 Å². The molecule has 1 aliphatic heterocycles. The molecule has 23 heavy (non-hydrogen) atoms. The van der Waals surface area contributed by atoms with Gasteiger partial charge >= 0.3 is 5.97 Å². The molecule has 0 aliphatic carbocycles. The van der Waals surface area contributed by atoms with E-state index in [1.807, 2.05) is 0 Å². The van der Waals surface area contributed by atoms with Gasteiger partial charge in [-0.2, -0.15) is 0 Å². The monoisotopic (exact) mass is 331 g/mol. The maximum atomic E-state index is 10.7. The molecular weight excluding hydrogens is 302 g/mol. The van der Waals surface area contributed by atoms with Crippen LogP contribution in [-0.4, -0.2) is 78.0 Å². The van der Waals surface area contributed by atoms with Gasteiger partial charge in [0.25, 0.3) is 0 Å². The van der Waals surface area contributed by atoms with Gasteiger partial charge in [-0.1, -0.05) is 6.58 Å². The van der Waals surface area contributed by atoms with Gasteiger partial charge in [0.1, 0.15) is 6.61 Å². The van der Waals surface area contributed by atoms with Gasteiger partial charge in [-0.05, 0) is 25.9 Å². The zero-order valence-electron chi connectivity index (χ0n) is 13.8. The normalized spacial score (nSPS) is 15.5. The Bertz CT molecular complexity index is 307. The van der Waals surface area contributed by atoms with Crippen molar-refractivity contribution >= 4 is 5.97 Å². The van der Waals surface area contributed by atoms with Crippen molar-refractivity contribution in [2.45, 2.75) is 18.9 Å². The first kappa shape index (κ1) is 20.1. The van der Waals surface area contributed by atoms with E-state index >= 15 is 0 Å². The minimum absolute atomic E-state index is 0.227. The molecule has 0 amide bonds. The van der Waals surface area contributed by atoms with E-state index in [2.05, 4.69) is 11.9 Å². The molecule has 0 aromatic carbocycles. The Kier molecular flexibility index (Phi) is 12.7. The van der Waals surface area contributed by atoms with Crippen molar-refractivity contribution in [2.24, 2.45) is 0 Å². The van der Waals surface area contributed by atoms with Crippen LogP contribution in [0.5, 0.6) is 0 Å². The summed E-state index contributed by atoms with van der Waals surface area (Å²) in [5.74, 6) is -0.439. The number of carbonyl (C=O) groups is 1. The van der Waals surface area contributed by atoms with E-state index in [0.29, 0.717) is 52.4 Å². The third-order valence-corrected chi connectivity index (χ3v) is 3.25. The van der Waals surface area contributed by atoms with Gasteiger partial charge in [-0.25, -0.2) is 4.79 Å². The van der Waals surface area contributed by atoms with Gasteiger partial charge in [0.2, 0.25) is 0 Å². The van der Waals surface area contributed by atoms with Crippen LogP contribution in [0.1, 0.15) is 12.8 Å². The lowest BCUT2D eigenvalue weighted by molar-refractivity contribution is -0.139. The van der Waals surface area contributed by atoms with E-state index in [1.54, 1.807) is 0 Å². The van der Waals surface area contributed by atoms with Gasteiger partial charge in [-0.15, -0.1) is 0 Å². The van der Waals surface area contributed by atoms with Crippen molar-refractivity contribution < 1.29 is 28.5 Å². The quantitative estimate of drug-likeness (QED) is 0.283. The average Bonchev–Trinajstić information content (AvgIpc) is 2.59. The molecule has 0 radical (unpaired) electrons. The lowest BCUT2D eigenvalue weighted by Crippen LogP contribution is -2.33. The van der Waals surface area contributed by atoms with E-state index in [4.69, 9.17) is 23.7 Å². The summed E-state index contributed by atoms with van der Waals surface area (Å²) in [7, 11) is 0. The predicted octanol–water partition coefficient (Wildman–Crippen LogP) is 0.534. The summed E-state index contributed by atoms with van der Waals surface area (Å²) in [5, 5.41) is 3.30. The summed E-state index contributed by atoms with van der Waals surface area (Å²) in [4.78, 5) is 10.7. The van der Waals surface area contributed by atoms with Gasteiger partial charge in [-0.3, -0.25) is 0 Å². The SMILES string of the molecule is C=CC(=O)OCCOCCOCCOCCOC1CCNCC1. The Morgan fingerprint density at radius 3 is 2.00 bits per heavy atom. The van der Waals surface area contributed by atoms with Crippen molar-refractivity contribution in [3.63, 3.8) is 0 Å². The Morgan fingerprint density at radius 1 is 0.913 bits per heavy atom. The van der Waals surface area contributed by atoms with E-state index < -0.39 is 5.97 Å². The number of piperidine rings is 1. The highest BCUT2D eigenvalue weighted by molar-refractivity contribution is 5.81. The van der Waals surface area contributed by atoms with Crippen molar-refractivity contribution in [3.05, 3.63) is 12.7 Å². The van der Waals surface area contributed by atoms with Gasteiger partial charge < -0.3 is 29.0 Å². The van der Waals surface area contributed by atoms with Crippen LogP contribution in [0.2, 0.25) is 0 Å². The fourth-order valence-electron chi connectivity index (χ4n) is 2.04. The van der Waals surface area contributed by atoms with Gasteiger partial charge in [0.05, 0.1) is 52.4 Å². The van der Waals surface area contributed by atoms with Crippen LogP contribution in [0.15, 0.2) is 12.7 Å². The lowest BCUT2D eigenvalue weighted by Gasteiger charge is -2.22. The summed E-state index contributed by atoms with van der Waals surface area (Å²) >= 11 is 0. The third kappa shape index (κ3) is 12.1. The topological polar surface area (TPSA) is 75.3 Å². The molecule has 0 saturated carbocycles. The molecule has 0 bridgehead atoms. The Morgan fingerprint density at radius 2 is 1.43 bits per heavy atom. The molecule has 0 spiro atoms. The van der Waals surface area contributed by atoms with E-state index in [1.165, 1.54) is 0 Å². The second-order valence-electron chi connectivity index (χ2n) is 5.03. The summed E-state index contributed by atoms with van der Waals surface area (Å²) in [5.41, 5.74) is 0. The minimum atomic E-state index is -0.439.